The van der Waals surface area contributed by atoms with E-state index in [0.717, 1.165) is 11.1 Å². The molecular formula is C13H11Cl2NO. The third-order valence-corrected chi connectivity index (χ3v) is 3.18. The van der Waals surface area contributed by atoms with Crippen LogP contribution in [0.4, 0.5) is 0 Å². The molecule has 0 aliphatic rings. The lowest BCUT2D eigenvalue weighted by Crippen LogP contribution is -2.03. The van der Waals surface area contributed by atoms with Gasteiger partial charge in [-0.05, 0) is 36.2 Å². The van der Waals surface area contributed by atoms with Crippen LogP contribution < -0.4 is 0 Å². The van der Waals surface area contributed by atoms with Crippen LogP contribution in [0.15, 0.2) is 36.7 Å². The fourth-order valence-electron chi connectivity index (χ4n) is 1.68. The lowest BCUT2D eigenvalue weighted by atomic mass is 9.99. The van der Waals surface area contributed by atoms with E-state index in [9.17, 15) is 5.11 Å². The molecule has 0 saturated heterocycles. The first-order chi connectivity index (χ1) is 8.09. The fraction of sp³-hybridized carbons (Fsp3) is 0.154. The van der Waals surface area contributed by atoms with E-state index in [4.69, 9.17) is 23.2 Å². The molecule has 0 amide bonds. The van der Waals surface area contributed by atoms with Crippen molar-refractivity contribution in [2.45, 2.75) is 13.0 Å². The van der Waals surface area contributed by atoms with Crippen molar-refractivity contribution in [2.24, 2.45) is 0 Å². The monoisotopic (exact) mass is 267 g/mol. The van der Waals surface area contributed by atoms with Crippen molar-refractivity contribution < 1.29 is 5.11 Å². The number of nitrogens with zero attached hydrogens (tertiary/aromatic N) is 1. The summed E-state index contributed by atoms with van der Waals surface area (Å²) in [5.74, 6) is 0. The highest BCUT2D eigenvalue weighted by atomic mass is 35.5. The first-order valence-electron chi connectivity index (χ1n) is 5.13. The Labute approximate surface area is 110 Å². The number of rotatable bonds is 2. The predicted octanol–water partition coefficient (Wildman–Crippen LogP) is 3.78. The molecule has 1 aromatic carbocycles. The van der Waals surface area contributed by atoms with Gasteiger partial charge in [-0.15, -0.1) is 0 Å². The minimum atomic E-state index is -0.761. The molecular weight excluding hydrogens is 257 g/mol. The van der Waals surface area contributed by atoms with Gasteiger partial charge >= 0.3 is 0 Å². The second kappa shape index (κ2) is 5.05. The maximum absolute atomic E-state index is 10.3. The number of benzene rings is 1. The molecule has 0 saturated carbocycles. The number of pyridine rings is 1. The third kappa shape index (κ3) is 2.60. The Bertz CT molecular complexity index is 543. The van der Waals surface area contributed by atoms with Crippen molar-refractivity contribution in [1.29, 1.82) is 0 Å². The SMILES string of the molecule is Cc1cnccc1C(O)c1ccc(Cl)cc1Cl. The van der Waals surface area contributed by atoms with E-state index in [2.05, 4.69) is 4.98 Å². The molecule has 1 unspecified atom stereocenters. The summed E-state index contributed by atoms with van der Waals surface area (Å²) in [5.41, 5.74) is 2.36. The van der Waals surface area contributed by atoms with Crippen LogP contribution in [0.2, 0.25) is 10.0 Å². The minimum Gasteiger partial charge on any atom is -0.384 e. The molecule has 0 bridgehead atoms. The first-order valence-corrected chi connectivity index (χ1v) is 5.88. The van der Waals surface area contributed by atoms with Gasteiger partial charge in [-0.3, -0.25) is 4.98 Å². The number of hydrogen-bond donors (Lipinski definition) is 1. The Morgan fingerprint density at radius 2 is 1.94 bits per heavy atom. The number of aliphatic hydroxyl groups is 1. The zero-order valence-electron chi connectivity index (χ0n) is 9.19. The van der Waals surface area contributed by atoms with E-state index in [1.807, 2.05) is 6.92 Å². The van der Waals surface area contributed by atoms with E-state index in [-0.39, 0.29) is 0 Å². The highest BCUT2D eigenvalue weighted by Crippen LogP contribution is 2.31. The van der Waals surface area contributed by atoms with Gasteiger partial charge in [0, 0.05) is 28.0 Å². The second-order valence-corrected chi connectivity index (χ2v) is 4.64. The predicted molar refractivity (Wildman–Crippen MR) is 69.5 cm³/mol. The van der Waals surface area contributed by atoms with E-state index in [0.29, 0.717) is 15.6 Å². The Morgan fingerprint density at radius 1 is 1.18 bits per heavy atom. The van der Waals surface area contributed by atoms with Gasteiger partial charge in [0.1, 0.15) is 6.10 Å². The summed E-state index contributed by atoms with van der Waals surface area (Å²) in [6.45, 7) is 1.90. The van der Waals surface area contributed by atoms with Crippen LogP contribution in [0.25, 0.3) is 0 Å². The van der Waals surface area contributed by atoms with Gasteiger partial charge < -0.3 is 5.11 Å². The van der Waals surface area contributed by atoms with Gasteiger partial charge in [-0.25, -0.2) is 0 Å². The maximum atomic E-state index is 10.3. The molecule has 0 fully saturated rings. The number of aromatic nitrogens is 1. The lowest BCUT2D eigenvalue weighted by Gasteiger charge is -2.15. The molecule has 2 rings (SSSR count). The number of hydrogen-bond acceptors (Lipinski definition) is 2. The van der Waals surface area contributed by atoms with Crippen LogP contribution in [0.1, 0.15) is 22.8 Å². The molecule has 0 spiro atoms. The largest absolute Gasteiger partial charge is 0.384 e. The summed E-state index contributed by atoms with van der Waals surface area (Å²) in [4.78, 5) is 3.99. The number of aryl methyl sites for hydroxylation is 1. The molecule has 2 aromatic rings. The van der Waals surface area contributed by atoms with Gasteiger partial charge in [-0.1, -0.05) is 29.3 Å². The van der Waals surface area contributed by atoms with Gasteiger partial charge in [-0.2, -0.15) is 0 Å². The zero-order chi connectivity index (χ0) is 12.4. The van der Waals surface area contributed by atoms with Crippen molar-refractivity contribution in [3.05, 3.63) is 63.4 Å². The molecule has 88 valence electrons. The molecule has 1 heterocycles. The second-order valence-electron chi connectivity index (χ2n) is 3.80. The highest BCUT2D eigenvalue weighted by molar-refractivity contribution is 6.35. The topological polar surface area (TPSA) is 33.1 Å². The normalized spacial score (nSPS) is 12.5. The highest BCUT2D eigenvalue weighted by Gasteiger charge is 2.15. The summed E-state index contributed by atoms with van der Waals surface area (Å²) in [5, 5.41) is 11.3. The van der Waals surface area contributed by atoms with E-state index < -0.39 is 6.10 Å². The number of halogens is 2. The van der Waals surface area contributed by atoms with Crippen molar-refractivity contribution in [3.8, 4) is 0 Å². The Morgan fingerprint density at radius 3 is 2.59 bits per heavy atom. The Hall–Kier alpha value is -1.09. The van der Waals surface area contributed by atoms with Gasteiger partial charge in [0.2, 0.25) is 0 Å². The van der Waals surface area contributed by atoms with E-state index >= 15 is 0 Å². The molecule has 1 aromatic heterocycles. The molecule has 1 atom stereocenters. The van der Waals surface area contributed by atoms with Gasteiger partial charge in [0.05, 0.1) is 0 Å². The summed E-state index contributed by atoms with van der Waals surface area (Å²) in [6.07, 6.45) is 2.60. The average Bonchev–Trinajstić information content (AvgIpc) is 2.29. The van der Waals surface area contributed by atoms with Gasteiger partial charge in [0.25, 0.3) is 0 Å². The third-order valence-electron chi connectivity index (χ3n) is 2.62. The van der Waals surface area contributed by atoms with E-state index in [1.165, 1.54) is 0 Å². The van der Waals surface area contributed by atoms with Crippen LogP contribution in [-0.2, 0) is 0 Å². The molecule has 0 aliphatic heterocycles. The Kier molecular flexibility index (Phi) is 3.67. The number of aliphatic hydroxyl groups excluding tert-OH is 1. The molecule has 4 heteroatoms. The smallest absolute Gasteiger partial charge is 0.106 e. The quantitative estimate of drug-likeness (QED) is 0.899. The summed E-state index contributed by atoms with van der Waals surface area (Å²) in [6, 6.07) is 6.85. The zero-order valence-corrected chi connectivity index (χ0v) is 10.7. The lowest BCUT2D eigenvalue weighted by molar-refractivity contribution is 0.219. The average molecular weight is 268 g/mol. The van der Waals surface area contributed by atoms with Crippen LogP contribution >= 0.6 is 23.2 Å². The van der Waals surface area contributed by atoms with E-state index in [1.54, 1.807) is 36.7 Å². The van der Waals surface area contributed by atoms with Crippen LogP contribution in [0.3, 0.4) is 0 Å². The molecule has 17 heavy (non-hydrogen) atoms. The summed E-state index contributed by atoms with van der Waals surface area (Å²) >= 11 is 11.9. The maximum Gasteiger partial charge on any atom is 0.106 e. The first kappa shape index (κ1) is 12.4. The van der Waals surface area contributed by atoms with Gasteiger partial charge in [0.15, 0.2) is 0 Å². The van der Waals surface area contributed by atoms with Crippen LogP contribution in [0, 0.1) is 6.92 Å². The molecule has 0 aliphatic carbocycles. The van der Waals surface area contributed by atoms with Crippen molar-refractivity contribution in [1.82, 2.24) is 4.98 Å². The van der Waals surface area contributed by atoms with Crippen molar-refractivity contribution >= 4 is 23.2 Å². The molecule has 0 radical (unpaired) electrons. The Balaban J connectivity index is 2.44. The van der Waals surface area contributed by atoms with Crippen molar-refractivity contribution in [3.63, 3.8) is 0 Å². The minimum absolute atomic E-state index is 0.459. The van der Waals surface area contributed by atoms with Crippen LogP contribution in [0.5, 0.6) is 0 Å². The van der Waals surface area contributed by atoms with Crippen LogP contribution in [-0.4, -0.2) is 10.1 Å². The fourth-order valence-corrected chi connectivity index (χ4v) is 2.19. The summed E-state index contributed by atoms with van der Waals surface area (Å²) < 4.78 is 0. The summed E-state index contributed by atoms with van der Waals surface area (Å²) in [7, 11) is 0. The standard InChI is InChI=1S/C13H11Cl2NO/c1-8-7-16-5-4-10(8)13(17)11-3-2-9(14)6-12(11)15/h2-7,13,17H,1H3. The molecule has 2 nitrogen and oxygen atoms in total. The van der Waals surface area contributed by atoms with Crippen molar-refractivity contribution in [2.75, 3.05) is 0 Å². The molecule has 1 N–H and O–H groups in total.